The number of H-pyrrole nitrogens is 1. The van der Waals surface area contributed by atoms with Gasteiger partial charge < -0.3 is 10.1 Å². The van der Waals surface area contributed by atoms with Gasteiger partial charge in [0.05, 0.1) is 11.9 Å². The molecule has 2 aromatic heterocycles. The van der Waals surface area contributed by atoms with Crippen molar-refractivity contribution in [3.63, 3.8) is 0 Å². The Morgan fingerprint density at radius 1 is 1.52 bits per heavy atom. The van der Waals surface area contributed by atoms with Crippen LogP contribution in [-0.2, 0) is 4.74 Å². The Hall–Kier alpha value is -2.07. The molecular formula is C14H15BrN4O2. The van der Waals surface area contributed by atoms with Crippen molar-refractivity contribution in [1.29, 1.82) is 0 Å². The number of hydrogen-bond donors (Lipinski definition) is 2. The van der Waals surface area contributed by atoms with E-state index in [1.807, 2.05) is 6.07 Å². The Morgan fingerprint density at radius 2 is 2.29 bits per heavy atom. The fourth-order valence-corrected chi connectivity index (χ4v) is 1.86. The maximum atomic E-state index is 11.4. The Labute approximate surface area is 130 Å². The van der Waals surface area contributed by atoms with Gasteiger partial charge >= 0.3 is 6.09 Å². The fraction of sp³-hybridized carbons (Fsp3) is 0.357. The number of aromatic amines is 1. The number of carbonyl (C=O) groups is 1. The van der Waals surface area contributed by atoms with E-state index in [9.17, 15) is 4.79 Å². The smallest absolute Gasteiger partial charge is 0.408 e. The topological polar surface area (TPSA) is 79.9 Å². The van der Waals surface area contributed by atoms with E-state index in [2.05, 4.69) is 48.3 Å². The van der Waals surface area contributed by atoms with Gasteiger partial charge in [0.15, 0.2) is 5.65 Å². The molecule has 0 aliphatic heterocycles. The second kappa shape index (κ2) is 6.14. The van der Waals surface area contributed by atoms with Crippen LogP contribution in [0.2, 0.25) is 0 Å². The van der Waals surface area contributed by atoms with E-state index in [1.165, 1.54) is 0 Å². The quantitative estimate of drug-likeness (QED) is 0.774. The van der Waals surface area contributed by atoms with Crippen LogP contribution in [0.3, 0.4) is 0 Å². The molecule has 0 aliphatic carbocycles. The SMILES string of the molecule is CC(C)(C)OC(=O)NCC#Cc1n[nH]c2ncc(Br)cc12. The molecule has 0 saturated heterocycles. The van der Waals surface area contributed by atoms with Crippen LogP contribution >= 0.6 is 15.9 Å². The minimum absolute atomic E-state index is 0.185. The number of halogens is 1. The highest BCUT2D eigenvalue weighted by atomic mass is 79.9. The number of aromatic nitrogens is 3. The second-order valence-electron chi connectivity index (χ2n) is 5.28. The Balaban J connectivity index is 1.99. The fourth-order valence-electron chi connectivity index (χ4n) is 1.53. The highest BCUT2D eigenvalue weighted by Crippen LogP contribution is 2.17. The van der Waals surface area contributed by atoms with Gasteiger partial charge in [-0.3, -0.25) is 5.10 Å². The van der Waals surface area contributed by atoms with Crippen LogP contribution in [0.1, 0.15) is 26.5 Å². The summed E-state index contributed by atoms with van der Waals surface area (Å²) in [4.78, 5) is 15.6. The molecule has 2 aromatic rings. The first-order valence-corrected chi connectivity index (χ1v) is 7.10. The molecule has 6 nitrogen and oxygen atoms in total. The molecule has 0 aromatic carbocycles. The zero-order chi connectivity index (χ0) is 15.5. The van der Waals surface area contributed by atoms with Crippen LogP contribution in [0.5, 0.6) is 0 Å². The van der Waals surface area contributed by atoms with E-state index in [0.29, 0.717) is 11.3 Å². The molecule has 21 heavy (non-hydrogen) atoms. The minimum Gasteiger partial charge on any atom is -0.444 e. The lowest BCUT2D eigenvalue weighted by Gasteiger charge is -2.18. The number of nitrogens with zero attached hydrogens (tertiary/aromatic N) is 2. The number of pyridine rings is 1. The first kappa shape index (κ1) is 15.3. The largest absolute Gasteiger partial charge is 0.444 e. The van der Waals surface area contributed by atoms with Crippen LogP contribution < -0.4 is 5.32 Å². The molecule has 110 valence electrons. The molecular weight excluding hydrogens is 336 g/mol. The standard InChI is InChI=1S/C14H15BrN4O2/c1-14(2,3)21-13(20)16-6-4-5-11-10-7-9(15)8-17-12(10)19-18-11/h7-8H,6H2,1-3H3,(H,16,20)(H,17,18,19). The van der Waals surface area contributed by atoms with Crippen LogP contribution in [0.25, 0.3) is 11.0 Å². The summed E-state index contributed by atoms with van der Waals surface area (Å²) in [7, 11) is 0. The molecule has 0 aliphatic rings. The summed E-state index contributed by atoms with van der Waals surface area (Å²) in [5.74, 6) is 5.72. The average molecular weight is 351 g/mol. The average Bonchev–Trinajstić information content (AvgIpc) is 2.75. The third-order valence-electron chi connectivity index (χ3n) is 2.31. The highest BCUT2D eigenvalue weighted by molar-refractivity contribution is 9.10. The van der Waals surface area contributed by atoms with Crippen molar-refractivity contribution in [1.82, 2.24) is 20.5 Å². The first-order valence-electron chi connectivity index (χ1n) is 6.30. The third-order valence-corrected chi connectivity index (χ3v) is 2.74. The highest BCUT2D eigenvalue weighted by Gasteiger charge is 2.15. The van der Waals surface area contributed by atoms with Gasteiger partial charge in [-0.05, 0) is 48.7 Å². The van der Waals surface area contributed by atoms with Crippen molar-refractivity contribution in [3.8, 4) is 11.8 Å². The summed E-state index contributed by atoms with van der Waals surface area (Å²) in [6, 6.07) is 1.89. The molecule has 0 radical (unpaired) electrons. The molecule has 2 N–H and O–H groups in total. The molecule has 0 bridgehead atoms. The number of nitrogens with one attached hydrogen (secondary N) is 2. The van der Waals surface area contributed by atoms with Gasteiger partial charge in [-0.25, -0.2) is 9.78 Å². The maximum Gasteiger partial charge on any atom is 0.408 e. The van der Waals surface area contributed by atoms with Gasteiger partial charge in [0.2, 0.25) is 0 Å². The third kappa shape index (κ3) is 4.46. The van der Waals surface area contributed by atoms with E-state index in [-0.39, 0.29) is 6.54 Å². The number of ether oxygens (including phenoxy) is 1. The molecule has 2 rings (SSSR count). The monoisotopic (exact) mass is 350 g/mol. The summed E-state index contributed by atoms with van der Waals surface area (Å²) in [6.45, 7) is 5.60. The lowest BCUT2D eigenvalue weighted by Crippen LogP contribution is -2.32. The van der Waals surface area contributed by atoms with Crippen LogP contribution in [0.15, 0.2) is 16.7 Å². The van der Waals surface area contributed by atoms with Crippen LogP contribution in [-0.4, -0.2) is 33.4 Å². The summed E-state index contributed by atoms with van der Waals surface area (Å²) in [5.41, 5.74) is 0.737. The van der Waals surface area contributed by atoms with Crippen molar-refractivity contribution in [2.75, 3.05) is 6.54 Å². The van der Waals surface area contributed by atoms with E-state index < -0.39 is 11.7 Å². The van der Waals surface area contributed by atoms with Crippen molar-refractivity contribution < 1.29 is 9.53 Å². The Bertz CT molecular complexity index is 722. The van der Waals surface area contributed by atoms with Crippen molar-refractivity contribution >= 4 is 33.1 Å². The molecule has 0 spiro atoms. The number of rotatable bonds is 1. The number of alkyl carbamates (subject to hydrolysis) is 1. The Kier molecular flexibility index (Phi) is 4.48. The summed E-state index contributed by atoms with van der Waals surface area (Å²) < 4.78 is 5.96. The minimum atomic E-state index is -0.520. The number of hydrogen-bond acceptors (Lipinski definition) is 4. The van der Waals surface area contributed by atoms with E-state index in [0.717, 1.165) is 9.86 Å². The number of fused-ring (bicyclic) bond motifs is 1. The molecule has 0 unspecified atom stereocenters. The van der Waals surface area contributed by atoms with Gasteiger partial charge in [-0.1, -0.05) is 5.92 Å². The predicted molar refractivity (Wildman–Crippen MR) is 82.7 cm³/mol. The zero-order valence-corrected chi connectivity index (χ0v) is 13.5. The molecule has 1 amide bonds. The van der Waals surface area contributed by atoms with E-state index >= 15 is 0 Å². The molecule has 0 atom stereocenters. The predicted octanol–water partition coefficient (Wildman–Crippen LogP) is 2.60. The van der Waals surface area contributed by atoms with Crippen molar-refractivity contribution in [3.05, 3.63) is 22.4 Å². The molecule has 7 heteroatoms. The van der Waals surface area contributed by atoms with Gasteiger partial charge in [-0.2, -0.15) is 5.10 Å². The van der Waals surface area contributed by atoms with Crippen LogP contribution in [0.4, 0.5) is 4.79 Å². The normalized spacial score (nSPS) is 10.9. The molecule has 0 fully saturated rings. The summed E-state index contributed by atoms with van der Waals surface area (Å²) >= 11 is 3.35. The second-order valence-corrected chi connectivity index (χ2v) is 6.19. The Morgan fingerprint density at radius 3 is 3.00 bits per heavy atom. The maximum absolute atomic E-state index is 11.4. The number of amides is 1. The summed E-state index contributed by atoms with van der Waals surface area (Å²) in [6.07, 6.45) is 1.19. The molecule has 2 heterocycles. The van der Waals surface area contributed by atoms with Crippen molar-refractivity contribution in [2.45, 2.75) is 26.4 Å². The van der Waals surface area contributed by atoms with E-state index in [4.69, 9.17) is 4.74 Å². The zero-order valence-electron chi connectivity index (χ0n) is 12.0. The lowest BCUT2D eigenvalue weighted by molar-refractivity contribution is 0.0535. The first-order chi connectivity index (χ1) is 9.85. The van der Waals surface area contributed by atoms with Gasteiger partial charge in [0, 0.05) is 10.7 Å². The van der Waals surface area contributed by atoms with Gasteiger partial charge in [-0.15, -0.1) is 0 Å². The van der Waals surface area contributed by atoms with E-state index in [1.54, 1.807) is 27.0 Å². The lowest BCUT2D eigenvalue weighted by atomic mass is 10.2. The van der Waals surface area contributed by atoms with Crippen LogP contribution in [0, 0.1) is 11.8 Å². The molecule has 0 saturated carbocycles. The van der Waals surface area contributed by atoms with Crippen molar-refractivity contribution in [2.24, 2.45) is 0 Å². The van der Waals surface area contributed by atoms with Gasteiger partial charge in [0.1, 0.15) is 11.3 Å². The van der Waals surface area contributed by atoms with Gasteiger partial charge in [0.25, 0.3) is 0 Å². The number of carbonyl (C=O) groups excluding carboxylic acids is 1. The summed E-state index contributed by atoms with van der Waals surface area (Å²) in [5, 5.41) is 10.3.